The zero-order valence-corrected chi connectivity index (χ0v) is 12.5. The maximum Gasteiger partial charge on any atom is 0.320 e. The van der Waals surface area contributed by atoms with Crippen molar-refractivity contribution in [3.05, 3.63) is 23.2 Å². The standard InChI is InChI=1S/C9H11ClN2O6S2/c1-19(15,16)12-8-3-2-6(4-7(8)10)11-20(17,18)5-9(13)14/h2-4,11-12H,5H2,1H3,(H,13,14). The summed E-state index contributed by atoms with van der Waals surface area (Å²) in [4.78, 5) is 10.4. The number of carboxylic acid groups (broad SMARTS) is 1. The van der Waals surface area contributed by atoms with Crippen LogP contribution < -0.4 is 9.44 Å². The Balaban J connectivity index is 2.96. The fourth-order valence-corrected chi connectivity index (χ4v) is 2.98. The van der Waals surface area contributed by atoms with Crippen LogP contribution in [0.1, 0.15) is 0 Å². The van der Waals surface area contributed by atoms with Crippen LogP contribution in [0.5, 0.6) is 0 Å². The molecule has 0 bridgehead atoms. The van der Waals surface area contributed by atoms with Gasteiger partial charge in [-0.1, -0.05) is 11.6 Å². The minimum atomic E-state index is -4.05. The molecule has 0 saturated carbocycles. The summed E-state index contributed by atoms with van der Waals surface area (Å²) >= 11 is 5.79. The monoisotopic (exact) mass is 342 g/mol. The van der Waals surface area contributed by atoms with Crippen molar-refractivity contribution in [1.29, 1.82) is 0 Å². The van der Waals surface area contributed by atoms with E-state index < -0.39 is 31.8 Å². The van der Waals surface area contributed by atoms with Crippen molar-refractivity contribution in [1.82, 2.24) is 0 Å². The first-order chi connectivity index (χ1) is 8.98. The molecule has 0 spiro atoms. The van der Waals surface area contributed by atoms with E-state index in [4.69, 9.17) is 16.7 Å². The molecule has 1 rings (SSSR count). The van der Waals surface area contributed by atoms with Crippen molar-refractivity contribution in [2.24, 2.45) is 0 Å². The Morgan fingerprint density at radius 3 is 2.30 bits per heavy atom. The van der Waals surface area contributed by atoms with E-state index in [-0.39, 0.29) is 16.4 Å². The molecule has 0 fully saturated rings. The fraction of sp³-hybridized carbons (Fsp3) is 0.222. The summed E-state index contributed by atoms with van der Waals surface area (Å²) < 4.78 is 49.0. The lowest BCUT2D eigenvalue weighted by Crippen LogP contribution is -2.22. The number of benzene rings is 1. The average Bonchev–Trinajstić information content (AvgIpc) is 2.17. The molecule has 0 aromatic heterocycles. The number of carboxylic acids is 1. The van der Waals surface area contributed by atoms with Crippen LogP contribution in [0.25, 0.3) is 0 Å². The minimum Gasteiger partial charge on any atom is -0.480 e. The van der Waals surface area contributed by atoms with E-state index in [9.17, 15) is 21.6 Å². The third-order valence-electron chi connectivity index (χ3n) is 1.85. The first kappa shape index (κ1) is 16.5. The van der Waals surface area contributed by atoms with Gasteiger partial charge in [-0.2, -0.15) is 0 Å². The summed E-state index contributed by atoms with van der Waals surface area (Å²) in [5, 5.41) is 8.40. The van der Waals surface area contributed by atoms with Gasteiger partial charge < -0.3 is 5.11 Å². The van der Waals surface area contributed by atoms with E-state index in [1.807, 2.05) is 4.72 Å². The third-order valence-corrected chi connectivity index (χ3v) is 3.93. The van der Waals surface area contributed by atoms with Gasteiger partial charge in [-0.05, 0) is 18.2 Å². The summed E-state index contributed by atoms with van der Waals surface area (Å²) in [6.45, 7) is 0. The van der Waals surface area contributed by atoms with Crippen molar-refractivity contribution < 1.29 is 26.7 Å². The van der Waals surface area contributed by atoms with Gasteiger partial charge in [0.05, 0.1) is 22.7 Å². The number of anilines is 2. The van der Waals surface area contributed by atoms with Crippen LogP contribution in [0.3, 0.4) is 0 Å². The Labute approximate surface area is 120 Å². The van der Waals surface area contributed by atoms with Gasteiger partial charge in [0.25, 0.3) is 0 Å². The topological polar surface area (TPSA) is 130 Å². The number of rotatable bonds is 6. The van der Waals surface area contributed by atoms with Crippen LogP contribution in [0.4, 0.5) is 11.4 Å². The largest absolute Gasteiger partial charge is 0.480 e. The predicted molar refractivity (Wildman–Crippen MR) is 75.0 cm³/mol. The first-order valence-corrected chi connectivity index (χ1v) is 8.90. The summed E-state index contributed by atoms with van der Waals surface area (Å²) in [6, 6.07) is 3.66. The van der Waals surface area contributed by atoms with E-state index in [0.29, 0.717) is 0 Å². The molecule has 0 aliphatic carbocycles. The van der Waals surface area contributed by atoms with Crippen molar-refractivity contribution >= 4 is 49.0 Å². The Morgan fingerprint density at radius 2 is 1.85 bits per heavy atom. The van der Waals surface area contributed by atoms with Crippen LogP contribution >= 0.6 is 11.6 Å². The Bertz CT molecular complexity index is 729. The Morgan fingerprint density at radius 1 is 1.25 bits per heavy atom. The second-order valence-electron chi connectivity index (χ2n) is 3.82. The summed E-state index contributed by atoms with van der Waals surface area (Å²) in [5.74, 6) is -2.59. The molecule has 0 unspecified atom stereocenters. The molecule has 0 amide bonds. The van der Waals surface area contributed by atoms with Crippen LogP contribution in [0.15, 0.2) is 18.2 Å². The van der Waals surface area contributed by atoms with E-state index in [2.05, 4.69) is 4.72 Å². The van der Waals surface area contributed by atoms with Crippen molar-refractivity contribution in [3.8, 4) is 0 Å². The molecule has 20 heavy (non-hydrogen) atoms. The van der Waals surface area contributed by atoms with E-state index in [1.54, 1.807) is 0 Å². The number of aliphatic carboxylic acids is 1. The van der Waals surface area contributed by atoms with E-state index >= 15 is 0 Å². The highest BCUT2D eigenvalue weighted by molar-refractivity contribution is 7.93. The Kier molecular flexibility index (Phi) is 4.84. The molecule has 3 N–H and O–H groups in total. The van der Waals surface area contributed by atoms with Crippen molar-refractivity contribution in [2.75, 3.05) is 21.5 Å². The van der Waals surface area contributed by atoms with Gasteiger partial charge in [-0.15, -0.1) is 0 Å². The summed E-state index contributed by atoms with van der Waals surface area (Å²) in [6.07, 6.45) is 0.937. The quantitative estimate of drug-likeness (QED) is 0.691. The minimum absolute atomic E-state index is 0.0234. The molecule has 1 aromatic rings. The maximum atomic E-state index is 11.4. The molecule has 11 heteroatoms. The normalized spacial score (nSPS) is 11.9. The highest BCUT2D eigenvalue weighted by Crippen LogP contribution is 2.26. The van der Waals surface area contributed by atoms with Crippen LogP contribution in [0, 0.1) is 0 Å². The second-order valence-corrected chi connectivity index (χ2v) is 7.70. The lowest BCUT2D eigenvalue weighted by atomic mass is 10.3. The molecule has 8 nitrogen and oxygen atoms in total. The zero-order valence-electron chi connectivity index (χ0n) is 10.1. The predicted octanol–water partition coefficient (Wildman–Crippen LogP) is 0.538. The van der Waals surface area contributed by atoms with Gasteiger partial charge in [0.2, 0.25) is 20.0 Å². The number of carbonyl (C=O) groups is 1. The molecule has 0 radical (unpaired) electrons. The SMILES string of the molecule is CS(=O)(=O)Nc1ccc(NS(=O)(=O)CC(=O)O)cc1Cl. The van der Waals surface area contributed by atoms with Gasteiger partial charge in [-0.3, -0.25) is 14.2 Å². The van der Waals surface area contributed by atoms with Crippen LogP contribution in [-0.4, -0.2) is 39.9 Å². The van der Waals surface area contributed by atoms with Crippen LogP contribution in [0.2, 0.25) is 5.02 Å². The lowest BCUT2D eigenvalue weighted by molar-refractivity contribution is -0.134. The van der Waals surface area contributed by atoms with Crippen LogP contribution in [-0.2, 0) is 24.8 Å². The lowest BCUT2D eigenvalue weighted by Gasteiger charge is -2.10. The molecule has 0 atom stereocenters. The smallest absolute Gasteiger partial charge is 0.320 e. The molecule has 0 aliphatic rings. The van der Waals surface area contributed by atoms with Gasteiger partial charge in [-0.25, -0.2) is 16.8 Å². The highest BCUT2D eigenvalue weighted by atomic mass is 35.5. The summed E-state index contributed by atoms with van der Waals surface area (Å²) in [5.41, 5.74) is 0.102. The average molecular weight is 343 g/mol. The molecule has 112 valence electrons. The fourth-order valence-electron chi connectivity index (χ4n) is 1.24. The molecule has 0 aliphatic heterocycles. The van der Waals surface area contributed by atoms with Crippen molar-refractivity contribution in [2.45, 2.75) is 0 Å². The number of hydrogen-bond donors (Lipinski definition) is 3. The third kappa shape index (κ3) is 5.63. The zero-order chi connectivity index (χ0) is 15.6. The van der Waals surface area contributed by atoms with E-state index in [0.717, 1.165) is 12.3 Å². The van der Waals surface area contributed by atoms with Gasteiger partial charge in [0.1, 0.15) is 0 Å². The van der Waals surface area contributed by atoms with Crippen molar-refractivity contribution in [3.63, 3.8) is 0 Å². The number of hydrogen-bond acceptors (Lipinski definition) is 5. The van der Waals surface area contributed by atoms with Gasteiger partial charge in [0.15, 0.2) is 5.75 Å². The second kappa shape index (κ2) is 5.85. The van der Waals surface area contributed by atoms with E-state index in [1.165, 1.54) is 12.1 Å². The molecular formula is C9H11ClN2O6S2. The number of sulfonamides is 2. The van der Waals surface area contributed by atoms with Gasteiger partial charge >= 0.3 is 5.97 Å². The molecule has 0 heterocycles. The molecule has 1 aromatic carbocycles. The molecule has 0 saturated heterocycles. The molecular weight excluding hydrogens is 332 g/mol. The maximum absolute atomic E-state index is 11.4. The number of nitrogens with one attached hydrogen (secondary N) is 2. The Hall–Kier alpha value is -1.52. The number of halogens is 1. The van der Waals surface area contributed by atoms with Gasteiger partial charge in [0, 0.05) is 0 Å². The summed E-state index contributed by atoms with van der Waals surface area (Å²) in [7, 11) is -7.56. The first-order valence-electron chi connectivity index (χ1n) is 4.98. The highest BCUT2D eigenvalue weighted by Gasteiger charge is 2.16.